The molecule has 0 bridgehead atoms. The summed E-state index contributed by atoms with van der Waals surface area (Å²) in [6.07, 6.45) is 1.18. The third kappa shape index (κ3) is 4.62. The first-order valence-corrected chi connectivity index (χ1v) is 11.8. The zero-order chi connectivity index (χ0) is 24.5. The summed E-state index contributed by atoms with van der Waals surface area (Å²) in [6, 6.07) is 21.9. The Balaban J connectivity index is 1.51. The zero-order valence-electron chi connectivity index (χ0n) is 19.7. The third-order valence-electron chi connectivity index (χ3n) is 6.47. The first-order chi connectivity index (χ1) is 16.9. The van der Waals surface area contributed by atoms with Crippen LogP contribution >= 0.6 is 0 Å². The Morgan fingerprint density at radius 2 is 1.57 bits per heavy atom. The molecule has 2 atom stereocenters. The predicted molar refractivity (Wildman–Crippen MR) is 136 cm³/mol. The smallest absolute Gasteiger partial charge is 0.269 e. The van der Waals surface area contributed by atoms with Gasteiger partial charge in [-0.15, -0.1) is 0 Å². The van der Waals surface area contributed by atoms with Crippen molar-refractivity contribution in [2.45, 2.75) is 44.8 Å². The van der Waals surface area contributed by atoms with Gasteiger partial charge in [-0.1, -0.05) is 24.3 Å². The summed E-state index contributed by atoms with van der Waals surface area (Å²) in [5, 5.41) is 18.2. The molecule has 0 amide bonds. The van der Waals surface area contributed by atoms with E-state index in [0.717, 1.165) is 33.9 Å². The Kier molecular flexibility index (Phi) is 5.99. The molecule has 2 aliphatic rings. The molecule has 0 aromatic heterocycles. The van der Waals surface area contributed by atoms with E-state index in [1.807, 2.05) is 62.4 Å². The van der Waals surface area contributed by atoms with Crippen molar-refractivity contribution in [1.82, 2.24) is 0 Å². The van der Waals surface area contributed by atoms with E-state index in [1.54, 1.807) is 12.1 Å². The van der Waals surface area contributed by atoms with E-state index in [1.165, 1.54) is 12.1 Å². The number of carbonyl (C=O) groups is 1. The van der Waals surface area contributed by atoms with Gasteiger partial charge in [0.05, 0.1) is 28.4 Å². The van der Waals surface area contributed by atoms with Crippen LogP contribution in [0.15, 0.2) is 84.1 Å². The second kappa shape index (κ2) is 9.25. The number of para-hydroxylation sites is 2. The molecule has 0 spiro atoms. The number of non-ortho nitro benzene ring substituents is 1. The highest BCUT2D eigenvalue weighted by Gasteiger charge is 2.36. The number of hydrogen-bond donors (Lipinski definition) is 2. The highest BCUT2D eigenvalue weighted by Crippen LogP contribution is 2.44. The standard InChI is InChI=1S/C28H27N3O4/c1-17(2)35-22-13-9-18(10-14-22)20-15-25-27(26(32)16-20)28(19-7-11-21(12-8-19)31(33)34)30-24-6-4-3-5-23(24)29-25/h3-14,17,20,28-30H,15-16H2,1-2H3. The maximum atomic E-state index is 13.6. The average molecular weight is 470 g/mol. The minimum absolute atomic E-state index is 0.0232. The number of rotatable bonds is 5. The lowest BCUT2D eigenvalue weighted by molar-refractivity contribution is -0.384. The Morgan fingerprint density at radius 1 is 0.914 bits per heavy atom. The number of nitro groups is 1. The lowest BCUT2D eigenvalue weighted by atomic mass is 9.78. The van der Waals surface area contributed by atoms with E-state index in [2.05, 4.69) is 10.6 Å². The molecular formula is C28H27N3O4. The number of nitrogens with one attached hydrogen (secondary N) is 2. The predicted octanol–water partition coefficient (Wildman–Crippen LogP) is 6.36. The van der Waals surface area contributed by atoms with Crippen molar-refractivity contribution in [2.75, 3.05) is 10.6 Å². The second-order valence-corrected chi connectivity index (χ2v) is 9.25. The van der Waals surface area contributed by atoms with Crippen LogP contribution in [0.25, 0.3) is 0 Å². The van der Waals surface area contributed by atoms with E-state index < -0.39 is 11.0 Å². The molecule has 1 aliphatic heterocycles. The number of nitrogens with zero attached hydrogens (tertiary/aromatic N) is 1. The van der Waals surface area contributed by atoms with Crippen molar-refractivity contribution < 1.29 is 14.5 Å². The SMILES string of the molecule is CC(C)Oc1ccc(C2CC(=O)C3=C(C2)Nc2ccccc2NC3c2ccc([N+](=O)[O-])cc2)cc1. The summed E-state index contributed by atoms with van der Waals surface area (Å²) in [4.78, 5) is 24.3. The van der Waals surface area contributed by atoms with Crippen LogP contribution in [0.1, 0.15) is 49.8 Å². The molecule has 1 aliphatic carbocycles. The lowest BCUT2D eigenvalue weighted by Crippen LogP contribution is -2.26. The van der Waals surface area contributed by atoms with Crippen LogP contribution in [0.5, 0.6) is 5.75 Å². The molecule has 35 heavy (non-hydrogen) atoms. The van der Waals surface area contributed by atoms with Crippen molar-refractivity contribution >= 4 is 22.8 Å². The molecular weight excluding hydrogens is 442 g/mol. The molecule has 0 radical (unpaired) electrons. The molecule has 2 N–H and O–H groups in total. The highest BCUT2D eigenvalue weighted by atomic mass is 16.6. The molecule has 178 valence electrons. The summed E-state index contributed by atoms with van der Waals surface area (Å²) in [6.45, 7) is 3.99. The minimum atomic E-state index is -0.417. The third-order valence-corrected chi connectivity index (χ3v) is 6.47. The summed E-state index contributed by atoms with van der Waals surface area (Å²) < 4.78 is 5.77. The van der Waals surface area contributed by atoms with Crippen LogP contribution in [0.2, 0.25) is 0 Å². The van der Waals surface area contributed by atoms with Crippen molar-refractivity contribution in [2.24, 2.45) is 0 Å². The van der Waals surface area contributed by atoms with E-state index in [-0.39, 0.29) is 23.5 Å². The van der Waals surface area contributed by atoms with Gasteiger partial charge in [-0.3, -0.25) is 14.9 Å². The number of ketones is 1. The quantitative estimate of drug-likeness (QED) is 0.333. The summed E-state index contributed by atoms with van der Waals surface area (Å²) in [5.74, 6) is 0.925. The molecule has 3 aromatic carbocycles. The summed E-state index contributed by atoms with van der Waals surface area (Å²) >= 11 is 0. The van der Waals surface area contributed by atoms with Gasteiger partial charge >= 0.3 is 0 Å². The van der Waals surface area contributed by atoms with Gasteiger partial charge in [0.2, 0.25) is 0 Å². The first kappa shape index (κ1) is 22.7. The van der Waals surface area contributed by atoms with Crippen molar-refractivity contribution in [3.8, 4) is 5.75 Å². The Bertz CT molecular complexity index is 1300. The molecule has 7 nitrogen and oxygen atoms in total. The van der Waals surface area contributed by atoms with Crippen LogP contribution in [0.4, 0.5) is 17.1 Å². The van der Waals surface area contributed by atoms with Crippen molar-refractivity contribution in [3.63, 3.8) is 0 Å². The normalized spacial score (nSPS) is 19.2. The minimum Gasteiger partial charge on any atom is -0.491 e. The highest BCUT2D eigenvalue weighted by molar-refractivity contribution is 6.01. The van der Waals surface area contributed by atoms with Gasteiger partial charge in [-0.05, 0) is 73.7 Å². The van der Waals surface area contributed by atoms with Gasteiger partial charge in [0, 0.05) is 29.8 Å². The van der Waals surface area contributed by atoms with E-state index >= 15 is 0 Å². The van der Waals surface area contributed by atoms with Crippen LogP contribution in [-0.2, 0) is 4.79 Å². The van der Waals surface area contributed by atoms with Gasteiger partial charge in [0.15, 0.2) is 5.78 Å². The topological polar surface area (TPSA) is 93.5 Å². The fraction of sp³-hybridized carbons (Fsp3) is 0.250. The lowest BCUT2D eigenvalue weighted by Gasteiger charge is -2.30. The van der Waals surface area contributed by atoms with E-state index in [0.29, 0.717) is 18.4 Å². The number of anilines is 2. The maximum absolute atomic E-state index is 13.6. The number of allylic oxidation sites excluding steroid dienone is 1. The number of benzene rings is 3. The van der Waals surface area contributed by atoms with Gasteiger partial charge in [0.25, 0.3) is 5.69 Å². The Morgan fingerprint density at radius 3 is 2.23 bits per heavy atom. The summed E-state index contributed by atoms with van der Waals surface area (Å²) in [7, 11) is 0. The summed E-state index contributed by atoms with van der Waals surface area (Å²) in [5.41, 5.74) is 5.28. The molecule has 7 heteroatoms. The van der Waals surface area contributed by atoms with Crippen LogP contribution in [0, 0.1) is 10.1 Å². The number of Topliss-reactive ketones (excluding diaryl/α,β-unsaturated/α-hetero) is 1. The molecule has 0 saturated carbocycles. The molecule has 2 unspecified atom stereocenters. The molecule has 3 aromatic rings. The van der Waals surface area contributed by atoms with E-state index in [4.69, 9.17) is 4.74 Å². The van der Waals surface area contributed by atoms with Crippen molar-refractivity contribution in [1.29, 1.82) is 0 Å². The fourth-order valence-electron chi connectivity index (χ4n) is 4.86. The first-order valence-electron chi connectivity index (χ1n) is 11.8. The number of ether oxygens (including phenoxy) is 1. The number of fused-ring (bicyclic) bond motifs is 1. The number of hydrogen-bond acceptors (Lipinski definition) is 6. The molecule has 5 rings (SSSR count). The monoisotopic (exact) mass is 469 g/mol. The van der Waals surface area contributed by atoms with Crippen molar-refractivity contribution in [3.05, 3.63) is 105 Å². The fourth-order valence-corrected chi connectivity index (χ4v) is 4.86. The average Bonchev–Trinajstić information content (AvgIpc) is 3.01. The second-order valence-electron chi connectivity index (χ2n) is 9.25. The van der Waals surface area contributed by atoms with Gasteiger partial charge < -0.3 is 15.4 Å². The van der Waals surface area contributed by atoms with E-state index in [9.17, 15) is 14.9 Å². The zero-order valence-corrected chi connectivity index (χ0v) is 19.7. The number of carbonyl (C=O) groups excluding carboxylic acids is 1. The molecule has 0 fully saturated rings. The largest absolute Gasteiger partial charge is 0.491 e. The van der Waals surface area contributed by atoms with Crippen LogP contribution in [0.3, 0.4) is 0 Å². The Labute approximate surface area is 204 Å². The van der Waals surface area contributed by atoms with Gasteiger partial charge in [0.1, 0.15) is 5.75 Å². The Hall–Kier alpha value is -4.13. The van der Waals surface area contributed by atoms with Gasteiger partial charge in [-0.25, -0.2) is 0 Å². The van der Waals surface area contributed by atoms with Crippen LogP contribution < -0.4 is 15.4 Å². The van der Waals surface area contributed by atoms with Gasteiger partial charge in [-0.2, -0.15) is 0 Å². The molecule has 0 saturated heterocycles. The number of nitro benzene ring substituents is 1. The molecule has 1 heterocycles. The van der Waals surface area contributed by atoms with Crippen LogP contribution in [-0.4, -0.2) is 16.8 Å². The maximum Gasteiger partial charge on any atom is 0.269 e.